The third-order valence-corrected chi connectivity index (χ3v) is 4.90. The SMILES string of the molecule is CC(=O)c1ccc(Nc2ncnc3scc(-c4ccccc4)c23)cc1. The number of nitrogens with zero attached hydrogens (tertiary/aromatic N) is 2. The van der Waals surface area contributed by atoms with E-state index in [0.717, 1.165) is 32.8 Å². The lowest BCUT2D eigenvalue weighted by Crippen LogP contribution is -1.97. The standard InChI is InChI=1S/C20H15N3OS/c1-13(24)14-7-9-16(10-8-14)23-19-18-17(15-5-3-2-4-6-15)11-25-20(18)22-12-21-19/h2-12H,1H3,(H,21,22,23). The molecule has 0 saturated heterocycles. The van der Waals surface area contributed by atoms with E-state index in [9.17, 15) is 4.79 Å². The van der Waals surface area contributed by atoms with E-state index >= 15 is 0 Å². The molecule has 1 N–H and O–H groups in total. The lowest BCUT2D eigenvalue weighted by Gasteiger charge is -2.09. The molecule has 0 spiro atoms. The van der Waals surface area contributed by atoms with Gasteiger partial charge in [-0.25, -0.2) is 9.97 Å². The fraction of sp³-hybridized carbons (Fsp3) is 0.0500. The van der Waals surface area contributed by atoms with Crippen LogP contribution < -0.4 is 5.32 Å². The molecule has 0 aliphatic rings. The topological polar surface area (TPSA) is 54.9 Å². The van der Waals surface area contributed by atoms with Gasteiger partial charge in [0.1, 0.15) is 17.0 Å². The Morgan fingerprint density at radius 2 is 1.76 bits per heavy atom. The Morgan fingerprint density at radius 1 is 1.00 bits per heavy atom. The van der Waals surface area contributed by atoms with Crippen LogP contribution in [0.15, 0.2) is 66.3 Å². The highest BCUT2D eigenvalue weighted by molar-refractivity contribution is 7.17. The van der Waals surface area contributed by atoms with Crippen LogP contribution in [0.3, 0.4) is 0 Å². The Morgan fingerprint density at radius 3 is 2.48 bits per heavy atom. The largest absolute Gasteiger partial charge is 0.340 e. The average molecular weight is 345 g/mol. The Balaban J connectivity index is 1.77. The summed E-state index contributed by atoms with van der Waals surface area (Å²) < 4.78 is 0. The molecule has 2 aromatic carbocycles. The van der Waals surface area contributed by atoms with Gasteiger partial charge in [-0.1, -0.05) is 30.3 Å². The number of ketones is 1. The second-order valence-electron chi connectivity index (χ2n) is 5.68. The molecule has 0 saturated carbocycles. The summed E-state index contributed by atoms with van der Waals surface area (Å²) in [6.07, 6.45) is 1.57. The number of benzene rings is 2. The van der Waals surface area contributed by atoms with Crippen LogP contribution in [0.4, 0.5) is 11.5 Å². The zero-order valence-corrected chi connectivity index (χ0v) is 14.4. The Kier molecular flexibility index (Phi) is 3.99. The van der Waals surface area contributed by atoms with Crippen molar-refractivity contribution in [2.75, 3.05) is 5.32 Å². The summed E-state index contributed by atoms with van der Waals surface area (Å²) >= 11 is 1.60. The number of hydrogen-bond acceptors (Lipinski definition) is 5. The van der Waals surface area contributed by atoms with Crippen LogP contribution in [0.5, 0.6) is 0 Å². The average Bonchev–Trinajstić information content (AvgIpc) is 3.08. The number of aromatic nitrogens is 2. The van der Waals surface area contributed by atoms with E-state index in [1.807, 2.05) is 42.5 Å². The zero-order valence-electron chi connectivity index (χ0n) is 13.6. The van der Waals surface area contributed by atoms with Gasteiger partial charge < -0.3 is 5.32 Å². The van der Waals surface area contributed by atoms with Crippen LogP contribution >= 0.6 is 11.3 Å². The van der Waals surface area contributed by atoms with Crippen molar-refractivity contribution >= 4 is 38.8 Å². The minimum Gasteiger partial charge on any atom is -0.340 e. The summed E-state index contributed by atoms with van der Waals surface area (Å²) in [5.74, 6) is 0.820. The molecule has 2 heterocycles. The van der Waals surface area contributed by atoms with Gasteiger partial charge in [-0.15, -0.1) is 11.3 Å². The molecule has 0 amide bonds. The first-order valence-corrected chi connectivity index (χ1v) is 8.76. The summed E-state index contributed by atoms with van der Waals surface area (Å²) in [7, 11) is 0. The molecule has 4 nitrogen and oxygen atoms in total. The summed E-state index contributed by atoms with van der Waals surface area (Å²) in [5, 5.41) is 6.47. The first-order chi connectivity index (χ1) is 12.2. The highest BCUT2D eigenvalue weighted by Gasteiger charge is 2.13. The number of carbonyl (C=O) groups is 1. The number of thiophene rings is 1. The summed E-state index contributed by atoms with van der Waals surface area (Å²) in [4.78, 5) is 21.2. The molecule has 0 aliphatic heterocycles. The highest BCUT2D eigenvalue weighted by Crippen LogP contribution is 2.37. The van der Waals surface area contributed by atoms with E-state index in [-0.39, 0.29) is 5.78 Å². The van der Waals surface area contributed by atoms with Crippen molar-refractivity contribution < 1.29 is 4.79 Å². The third kappa shape index (κ3) is 3.02. The van der Waals surface area contributed by atoms with Gasteiger partial charge in [-0.05, 0) is 36.8 Å². The van der Waals surface area contributed by atoms with Crippen LogP contribution in [0.2, 0.25) is 0 Å². The Labute approximate surface area is 149 Å². The van der Waals surface area contributed by atoms with Gasteiger partial charge in [0.2, 0.25) is 0 Å². The Hall–Kier alpha value is -3.05. The van der Waals surface area contributed by atoms with E-state index in [0.29, 0.717) is 5.56 Å². The summed E-state index contributed by atoms with van der Waals surface area (Å²) in [6.45, 7) is 1.56. The lowest BCUT2D eigenvalue weighted by atomic mass is 10.1. The maximum Gasteiger partial charge on any atom is 0.159 e. The van der Waals surface area contributed by atoms with Crippen LogP contribution in [0.1, 0.15) is 17.3 Å². The molecule has 0 bridgehead atoms. The maximum absolute atomic E-state index is 11.4. The molecule has 5 heteroatoms. The van der Waals surface area contributed by atoms with E-state index in [1.165, 1.54) is 0 Å². The minimum absolute atomic E-state index is 0.0557. The molecule has 0 fully saturated rings. The predicted octanol–water partition coefficient (Wildman–Crippen LogP) is 5.30. The molecular formula is C20H15N3OS. The van der Waals surface area contributed by atoms with Crippen molar-refractivity contribution in [1.29, 1.82) is 0 Å². The van der Waals surface area contributed by atoms with Crippen LogP contribution in [-0.4, -0.2) is 15.8 Å². The van der Waals surface area contributed by atoms with Crippen molar-refractivity contribution in [2.24, 2.45) is 0 Å². The smallest absolute Gasteiger partial charge is 0.159 e. The van der Waals surface area contributed by atoms with Gasteiger partial charge in [0, 0.05) is 22.2 Å². The molecule has 4 aromatic rings. The summed E-state index contributed by atoms with van der Waals surface area (Å²) in [5.41, 5.74) is 3.83. The number of anilines is 2. The highest BCUT2D eigenvalue weighted by atomic mass is 32.1. The molecule has 25 heavy (non-hydrogen) atoms. The molecule has 0 radical (unpaired) electrons. The van der Waals surface area contributed by atoms with E-state index in [4.69, 9.17) is 0 Å². The molecule has 0 unspecified atom stereocenters. The number of carbonyl (C=O) groups excluding carboxylic acids is 1. The van der Waals surface area contributed by atoms with Gasteiger partial charge in [-0.3, -0.25) is 4.79 Å². The molecule has 0 aliphatic carbocycles. The second kappa shape index (κ2) is 6.45. The van der Waals surface area contributed by atoms with Gasteiger partial charge in [0.15, 0.2) is 5.78 Å². The first kappa shape index (κ1) is 15.5. The normalized spacial score (nSPS) is 10.8. The molecule has 2 aromatic heterocycles. The van der Waals surface area contributed by atoms with Gasteiger partial charge in [0.25, 0.3) is 0 Å². The van der Waals surface area contributed by atoms with E-state index in [2.05, 4.69) is 32.8 Å². The molecular weight excluding hydrogens is 330 g/mol. The molecule has 0 atom stereocenters. The minimum atomic E-state index is 0.0557. The van der Waals surface area contributed by atoms with Crippen LogP contribution in [0, 0.1) is 0 Å². The monoisotopic (exact) mass is 345 g/mol. The van der Waals surface area contributed by atoms with E-state index in [1.54, 1.807) is 24.6 Å². The zero-order chi connectivity index (χ0) is 17.2. The fourth-order valence-electron chi connectivity index (χ4n) is 2.73. The van der Waals surface area contributed by atoms with Crippen molar-refractivity contribution in [2.45, 2.75) is 6.92 Å². The number of fused-ring (bicyclic) bond motifs is 1. The van der Waals surface area contributed by atoms with Crippen molar-refractivity contribution in [1.82, 2.24) is 9.97 Å². The van der Waals surface area contributed by atoms with Crippen molar-refractivity contribution in [3.63, 3.8) is 0 Å². The maximum atomic E-state index is 11.4. The van der Waals surface area contributed by atoms with E-state index < -0.39 is 0 Å². The van der Waals surface area contributed by atoms with Crippen LogP contribution in [-0.2, 0) is 0 Å². The van der Waals surface area contributed by atoms with Crippen molar-refractivity contribution in [3.05, 3.63) is 71.9 Å². The quantitative estimate of drug-likeness (QED) is 0.510. The first-order valence-electron chi connectivity index (χ1n) is 7.88. The fourth-order valence-corrected chi connectivity index (χ4v) is 3.64. The number of rotatable bonds is 4. The number of hydrogen-bond donors (Lipinski definition) is 1. The van der Waals surface area contributed by atoms with Gasteiger partial charge in [0.05, 0.1) is 5.39 Å². The molecule has 4 rings (SSSR count). The predicted molar refractivity (Wildman–Crippen MR) is 103 cm³/mol. The molecule has 122 valence electrons. The van der Waals surface area contributed by atoms with Gasteiger partial charge in [-0.2, -0.15) is 0 Å². The van der Waals surface area contributed by atoms with Crippen LogP contribution in [0.25, 0.3) is 21.3 Å². The second-order valence-corrected chi connectivity index (χ2v) is 6.53. The lowest BCUT2D eigenvalue weighted by molar-refractivity contribution is 0.101. The third-order valence-electron chi connectivity index (χ3n) is 4.01. The number of Topliss-reactive ketones (excluding diaryl/α,β-unsaturated/α-hetero) is 1. The number of nitrogens with one attached hydrogen (secondary N) is 1. The van der Waals surface area contributed by atoms with Gasteiger partial charge >= 0.3 is 0 Å². The Bertz CT molecular complexity index is 1040. The van der Waals surface area contributed by atoms with Crippen molar-refractivity contribution in [3.8, 4) is 11.1 Å². The summed E-state index contributed by atoms with van der Waals surface area (Å²) in [6, 6.07) is 17.6.